The molecule has 0 unspecified atom stereocenters. The molecule has 4 N–H and O–H groups in total. The molecule has 3 rings (SSSR count). The monoisotopic (exact) mass is 438 g/mol. The second-order valence-corrected chi connectivity index (χ2v) is 7.39. The molecule has 32 heavy (non-hydrogen) atoms. The van der Waals surface area contributed by atoms with E-state index in [2.05, 4.69) is 17.2 Å². The van der Waals surface area contributed by atoms with Crippen LogP contribution in [0.3, 0.4) is 0 Å². The maximum Gasteiger partial charge on any atom is 0.256 e. The van der Waals surface area contributed by atoms with Gasteiger partial charge in [-0.25, -0.2) is 8.78 Å². The number of hydrogen-bond donors (Lipinski definition) is 4. The van der Waals surface area contributed by atoms with Gasteiger partial charge in [-0.2, -0.15) is 0 Å². The van der Waals surface area contributed by atoms with Gasteiger partial charge in [0.15, 0.2) is 0 Å². The minimum atomic E-state index is -0.655. The third-order valence-corrected chi connectivity index (χ3v) is 4.79. The fourth-order valence-corrected chi connectivity index (χ4v) is 3.25. The lowest BCUT2D eigenvalue weighted by molar-refractivity contribution is 0.195. The standard InChI is InChI=1S/C24H24F2N4O2/c1-14-12-17(25)8-9-18(14)23(27)19-10-11-22(32)30(21-7-5-4-6-20(21)26)24(19)29-16(3)28-13-15(2)31/h4-12,15,27-29,31H,3,13H2,1-2H3/t15-/m0/s1. The van der Waals surface area contributed by atoms with Crippen molar-refractivity contribution in [2.24, 2.45) is 0 Å². The van der Waals surface area contributed by atoms with Gasteiger partial charge in [-0.05, 0) is 55.8 Å². The number of para-hydroxylation sites is 1. The van der Waals surface area contributed by atoms with E-state index >= 15 is 0 Å². The van der Waals surface area contributed by atoms with Gasteiger partial charge < -0.3 is 15.7 Å². The zero-order valence-electron chi connectivity index (χ0n) is 17.7. The molecule has 166 valence electrons. The summed E-state index contributed by atoms with van der Waals surface area (Å²) in [4.78, 5) is 12.8. The number of anilines is 1. The fourth-order valence-electron chi connectivity index (χ4n) is 3.25. The summed E-state index contributed by atoms with van der Waals surface area (Å²) >= 11 is 0. The Morgan fingerprint density at radius 3 is 2.50 bits per heavy atom. The summed E-state index contributed by atoms with van der Waals surface area (Å²) in [5.41, 5.74) is 0.759. The average molecular weight is 438 g/mol. The number of benzene rings is 2. The Bertz CT molecular complexity index is 1230. The minimum absolute atomic E-state index is 0.00574. The van der Waals surface area contributed by atoms with E-state index < -0.39 is 23.3 Å². The molecule has 0 saturated carbocycles. The molecule has 0 aliphatic rings. The normalized spacial score (nSPS) is 11.7. The lowest BCUT2D eigenvalue weighted by atomic mass is 9.98. The average Bonchev–Trinajstić information content (AvgIpc) is 2.73. The Morgan fingerprint density at radius 2 is 1.84 bits per heavy atom. The van der Waals surface area contributed by atoms with Crippen LogP contribution in [0.5, 0.6) is 0 Å². The molecular formula is C24H24F2N4O2. The topological polar surface area (TPSA) is 90.1 Å². The Morgan fingerprint density at radius 1 is 1.16 bits per heavy atom. The summed E-state index contributed by atoms with van der Waals surface area (Å²) in [6, 6.07) is 12.5. The van der Waals surface area contributed by atoms with E-state index in [0.717, 1.165) is 4.57 Å². The van der Waals surface area contributed by atoms with Crippen LogP contribution < -0.4 is 16.2 Å². The largest absolute Gasteiger partial charge is 0.392 e. The zero-order chi connectivity index (χ0) is 23.4. The summed E-state index contributed by atoms with van der Waals surface area (Å²) in [7, 11) is 0. The van der Waals surface area contributed by atoms with Gasteiger partial charge in [0, 0.05) is 23.7 Å². The molecule has 0 aliphatic carbocycles. The predicted molar refractivity (Wildman–Crippen MR) is 122 cm³/mol. The second kappa shape index (κ2) is 9.57. The number of hydrogen-bond acceptors (Lipinski definition) is 5. The van der Waals surface area contributed by atoms with E-state index in [-0.39, 0.29) is 35.1 Å². The van der Waals surface area contributed by atoms with Crippen molar-refractivity contribution in [2.75, 3.05) is 11.9 Å². The molecular weight excluding hydrogens is 414 g/mol. The molecule has 0 radical (unpaired) electrons. The quantitative estimate of drug-likeness (QED) is 0.404. The molecule has 0 saturated heterocycles. The number of aryl methyl sites for hydroxylation is 1. The highest BCUT2D eigenvalue weighted by atomic mass is 19.1. The molecule has 0 bridgehead atoms. The Hall–Kier alpha value is -3.78. The van der Waals surface area contributed by atoms with E-state index in [9.17, 15) is 18.7 Å². The number of rotatable bonds is 8. The number of halogens is 2. The first-order valence-electron chi connectivity index (χ1n) is 9.93. The third-order valence-electron chi connectivity index (χ3n) is 4.79. The van der Waals surface area contributed by atoms with Crippen LogP contribution in [0.2, 0.25) is 0 Å². The van der Waals surface area contributed by atoms with Gasteiger partial charge >= 0.3 is 0 Å². The summed E-state index contributed by atoms with van der Waals surface area (Å²) in [6.07, 6.45) is -0.655. The number of pyridine rings is 1. The van der Waals surface area contributed by atoms with Gasteiger partial charge in [-0.1, -0.05) is 18.7 Å². The summed E-state index contributed by atoms with van der Waals surface area (Å²) in [6.45, 7) is 7.31. The lowest BCUT2D eigenvalue weighted by Gasteiger charge is -2.22. The van der Waals surface area contributed by atoms with Crippen LogP contribution in [0.4, 0.5) is 14.6 Å². The van der Waals surface area contributed by atoms with Crippen molar-refractivity contribution in [3.8, 4) is 5.69 Å². The lowest BCUT2D eigenvalue weighted by Crippen LogP contribution is -2.30. The minimum Gasteiger partial charge on any atom is -0.392 e. The molecule has 8 heteroatoms. The highest BCUT2D eigenvalue weighted by Gasteiger charge is 2.20. The van der Waals surface area contributed by atoms with Gasteiger partial charge in [0.25, 0.3) is 5.56 Å². The first kappa shape index (κ1) is 22.9. The molecule has 1 atom stereocenters. The van der Waals surface area contributed by atoms with Crippen molar-refractivity contribution in [3.05, 3.63) is 106 Å². The Balaban J connectivity index is 2.19. The number of aliphatic hydroxyl groups excluding tert-OH is 1. The number of nitrogens with zero attached hydrogens (tertiary/aromatic N) is 1. The third kappa shape index (κ3) is 4.92. The molecule has 1 aromatic heterocycles. The van der Waals surface area contributed by atoms with Crippen molar-refractivity contribution in [3.63, 3.8) is 0 Å². The zero-order valence-corrected chi connectivity index (χ0v) is 17.7. The highest BCUT2D eigenvalue weighted by molar-refractivity contribution is 6.14. The molecule has 0 fully saturated rings. The van der Waals surface area contributed by atoms with Crippen LogP contribution in [0.1, 0.15) is 23.6 Å². The Labute approximate surface area is 184 Å². The van der Waals surface area contributed by atoms with Crippen LogP contribution in [-0.2, 0) is 0 Å². The van der Waals surface area contributed by atoms with Crippen LogP contribution in [0.15, 0.2) is 71.8 Å². The van der Waals surface area contributed by atoms with Crippen molar-refractivity contribution in [1.82, 2.24) is 9.88 Å². The van der Waals surface area contributed by atoms with Crippen LogP contribution >= 0.6 is 0 Å². The van der Waals surface area contributed by atoms with E-state index in [1.54, 1.807) is 19.9 Å². The number of aromatic nitrogens is 1. The maximum atomic E-state index is 14.6. The van der Waals surface area contributed by atoms with Gasteiger partial charge in [-0.3, -0.25) is 14.8 Å². The van der Waals surface area contributed by atoms with Gasteiger partial charge in [0.2, 0.25) is 0 Å². The van der Waals surface area contributed by atoms with Crippen molar-refractivity contribution < 1.29 is 13.9 Å². The molecule has 0 aliphatic heterocycles. The van der Waals surface area contributed by atoms with Crippen LogP contribution in [0, 0.1) is 24.0 Å². The molecule has 1 heterocycles. The summed E-state index contributed by atoms with van der Waals surface area (Å²) in [5, 5.41) is 24.1. The van der Waals surface area contributed by atoms with Crippen LogP contribution in [0.25, 0.3) is 5.69 Å². The summed E-state index contributed by atoms with van der Waals surface area (Å²) < 4.78 is 29.3. The van der Waals surface area contributed by atoms with Crippen LogP contribution in [-0.4, -0.2) is 28.0 Å². The molecule has 0 amide bonds. The van der Waals surface area contributed by atoms with Crippen molar-refractivity contribution >= 4 is 11.5 Å². The first-order valence-corrected chi connectivity index (χ1v) is 9.93. The molecule has 6 nitrogen and oxygen atoms in total. The molecule has 0 spiro atoms. The second-order valence-electron chi connectivity index (χ2n) is 7.39. The van der Waals surface area contributed by atoms with Crippen molar-refractivity contribution in [1.29, 1.82) is 5.41 Å². The van der Waals surface area contributed by atoms with Gasteiger partial charge in [0.1, 0.15) is 17.5 Å². The van der Waals surface area contributed by atoms with E-state index in [0.29, 0.717) is 11.1 Å². The fraction of sp³-hybridized carbons (Fsp3) is 0.167. The first-order chi connectivity index (χ1) is 15.2. The van der Waals surface area contributed by atoms with E-state index in [1.807, 2.05) is 0 Å². The summed E-state index contributed by atoms with van der Waals surface area (Å²) in [5.74, 6) is -0.697. The SMILES string of the molecule is C=C(NC[C@H](C)O)Nc1c(C(=N)c2ccc(F)cc2C)ccc(=O)n1-c1ccccc1F. The van der Waals surface area contributed by atoms with Gasteiger partial charge in [0.05, 0.1) is 23.3 Å². The van der Waals surface area contributed by atoms with E-state index in [4.69, 9.17) is 5.41 Å². The Kier molecular flexibility index (Phi) is 6.85. The van der Waals surface area contributed by atoms with E-state index in [1.165, 1.54) is 48.5 Å². The number of nitrogens with one attached hydrogen (secondary N) is 3. The van der Waals surface area contributed by atoms with Gasteiger partial charge in [-0.15, -0.1) is 0 Å². The molecule has 3 aromatic rings. The highest BCUT2D eigenvalue weighted by Crippen LogP contribution is 2.25. The molecule has 2 aromatic carbocycles. The smallest absolute Gasteiger partial charge is 0.256 e. The van der Waals surface area contributed by atoms with Crippen molar-refractivity contribution in [2.45, 2.75) is 20.0 Å². The maximum absolute atomic E-state index is 14.6. The predicted octanol–water partition coefficient (Wildman–Crippen LogP) is 3.69. The number of aliphatic hydroxyl groups is 1.